The highest BCUT2D eigenvalue weighted by Crippen LogP contribution is 2.45. The maximum absolute atomic E-state index is 10.9. The zero-order valence-corrected chi connectivity index (χ0v) is 20.0. The van der Waals surface area contributed by atoms with Gasteiger partial charge in [-0.25, -0.2) is 0 Å². The second-order valence-electron chi connectivity index (χ2n) is 8.76. The maximum atomic E-state index is 10.9. The highest BCUT2D eigenvalue weighted by atomic mass is 32.2. The third kappa shape index (κ3) is 5.11. The van der Waals surface area contributed by atoms with Crippen molar-refractivity contribution in [3.8, 4) is 11.8 Å². The Morgan fingerprint density at radius 3 is 2.88 bits per heavy atom. The van der Waals surface area contributed by atoms with E-state index in [4.69, 9.17) is 4.74 Å². The lowest BCUT2D eigenvalue weighted by Crippen LogP contribution is -2.22. The Bertz CT molecular complexity index is 1090. The number of ether oxygens (including phenoxy) is 1. The van der Waals surface area contributed by atoms with Gasteiger partial charge in [0, 0.05) is 36.8 Å². The number of hydrogen-bond donors (Lipinski definition) is 1. The van der Waals surface area contributed by atoms with Crippen LogP contribution in [0.3, 0.4) is 0 Å². The van der Waals surface area contributed by atoms with Gasteiger partial charge in [0.15, 0.2) is 0 Å². The number of fused-ring (bicyclic) bond motifs is 1. The number of aliphatic hydroxyl groups excluding tert-OH is 1. The Morgan fingerprint density at radius 2 is 2.12 bits per heavy atom. The molecule has 1 aromatic rings. The first kappa shape index (κ1) is 22.7. The molecule has 2 aliphatic carbocycles. The van der Waals surface area contributed by atoms with E-state index in [9.17, 15) is 5.11 Å². The largest absolute Gasteiger partial charge is 0.511 e. The van der Waals surface area contributed by atoms with Crippen LogP contribution in [-0.4, -0.2) is 28.8 Å². The summed E-state index contributed by atoms with van der Waals surface area (Å²) in [7, 11) is 0. The molecule has 1 unspecified atom stereocenters. The quantitative estimate of drug-likeness (QED) is 0.384. The smallest absolute Gasteiger partial charge is 0.136 e. The Morgan fingerprint density at radius 1 is 1.28 bits per heavy atom. The van der Waals surface area contributed by atoms with Gasteiger partial charge < -0.3 is 9.84 Å². The molecule has 1 aromatic carbocycles. The summed E-state index contributed by atoms with van der Waals surface area (Å²) in [6.45, 7) is 6.86. The second-order valence-corrected chi connectivity index (χ2v) is 10.4. The molecule has 0 saturated heterocycles. The van der Waals surface area contributed by atoms with E-state index >= 15 is 0 Å². The first-order chi connectivity index (χ1) is 15.5. The molecule has 0 spiro atoms. The molecule has 0 amide bonds. The van der Waals surface area contributed by atoms with Gasteiger partial charge in [-0.1, -0.05) is 30.0 Å². The predicted octanol–water partition coefficient (Wildman–Crippen LogP) is 6.87. The molecule has 0 radical (unpaired) electrons. The standard InChI is InChI=1S/C28H31NO2S/c1-4-31-24-10-6-7-20-11-12-23(19-22(20)13-14-24)25-15-17-29-18-16-26(25)32-28(2,3)27(30)21-8-5-9-21/h11-14,16-19,24,30H,4-5,7-9,15H2,1-3H3/b14-13-. The van der Waals surface area contributed by atoms with E-state index in [-0.39, 0.29) is 10.9 Å². The number of thioether (sulfide) groups is 1. The van der Waals surface area contributed by atoms with Crippen molar-refractivity contribution in [2.24, 2.45) is 4.99 Å². The summed E-state index contributed by atoms with van der Waals surface area (Å²) < 4.78 is 5.32. The molecule has 4 rings (SSSR count). The Hall–Kier alpha value is -2.48. The number of allylic oxidation sites excluding steroid dienone is 3. The molecular formula is C28H31NO2S. The lowest BCUT2D eigenvalue weighted by Gasteiger charge is -2.30. The Balaban J connectivity index is 1.69. The highest BCUT2D eigenvalue weighted by Gasteiger charge is 2.31. The van der Waals surface area contributed by atoms with E-state index in [0.717, 1.165) is 30.6 Å². The molecule has 3 nitrogen and oxygen atoms in total. The topological polar surface area (TPSA) is 41.8 Å². The minimum atomic E-state index is -0.380. The number of rotatable bonds is 6. The summed E-state index contributed by atoms with van der Waals surface area (Å²) in [4.78, 5) is 5.55. The SMILES string of the molecule is CCOC1C#CCc2ccc(C3=C(SC(C)(C)C(O)=C4CCC4)C=CN=CC3)cc2/C=C\1. The summed E-state index contributed by atoms with van der Waals surface area (Å²) in [6.07, 6.45) is 14.6. The van der Waals surface area contributed by atoms with Gasteiger partial charge >= 0.3 is 0 Å². The molecule has 166 valence electrons. The molecule has 1 saturated carbocycles. The predicted molar refractivity (Wildman–Crippen MR) is 137 cm³/mol. The molecule has 1 heterocycles. The maximum Gasteiger partial charge on any atom is 0.136 e. The first-order valence-electron chi connectivity index (χ1n) is 11.4. The van der Waals surface area contributed by atoms with Gasteiger partial charge in [-0.15, -0.1) is 11.8 Å². The van der Waals surface area contributed by atoms with Crippen LogP contribution in [0.4, 0.5) is 0 Å². The van der Waals surface area contributed by atoms with Crippen LogP contribution >= 0.6 is 11.8 Å². The van der Waals surface area contributed by atoms with Gasteiger partial charge in [-0.2, -0.15) is 0 Å². The third-order valence-corrected chi connectivity index (χ3v) is 7.36. The van der Waals surface area contributed by atoms with Gasteiger partial charge in [-0.3, -0.25) is 4.99 Å². The number of nitrogens with zero attached hydrogens (tertiary/aromatic N) is 1. The van der Waals surface area contributed by atoms with Crippen molar-refractivity contribution in [2.45, 2.75) is 63.7 Å². The van der Waals surface area contributed by atoms with Crippen molar-refractivity contribution in [1.82, 2.24) is 0 Å². The average molecular weight is 446 g/mol. The Kier molecular flexibility index (Phi) is 7.08. The van der Waals surface area contributed by atoms with Crippen molar-refractivity contribution in [3.63, 3.8) is 0 Å². The van der Waals surface area contributed by atoms with E-state index in [1.165, 1.54) is 34.3 Å². The molecule has 1 atom stereocenters. The van der Waals surface area contributed by atoms with Crippen molar-refractivity contribution in [1.29, 1.82) is 0 Å². The van der Waals surface area contributed by atoms with Crippen molar-refractivity contribution < 1.29 is 9.84 Å². The molecule has 1 aliphatic heterocycles. The number of benzene rings is 1. The molecule has 0 bridgehead atoms. The first-order valence-corrected chi connectivity index (χ1v) is 12.2. The zero-order chi connectivity index (χ0) is 22.6. The van der Waals surface area contributed by atoms with Crippen molar-refractivity contribution in [3.05, 3.63) is 69.5 Å². The van der Waals surface area contributed by atoms with E-state index in [1.54, 1.807) is 11.8 Å². The van der Waals surface area contributed by atoms with E-state index < -0.39 is 0 Å². The fourth-order valence-corrected chi connectivity index (χ4v) is 5.32. The van der Waals surface area contributed by atoms with Crippen LogP contribution in [0.15, 0.2) is 57.8 Å². The minimum absolute atomic E-state index is 0.154. The molecule has 3 aliphatic rings. The molecule has 0 aromatic heterocycles. The summed E-state index contributed by atoms with van der Waals surface area (Å²) in [6, 6.07) is 6.63. The van der Waals surface area contributed by atoms with E-state index in [1.807, 2.05) is 25.4 Å². The lowest BCUT2D eigenvalue weighted by molar-refractivity contribution is 0.134. The summed E-state index contributed by atoms with van der Waals surface area (Å²) in [5.74, 6) is 6.98. The fraction of sp³-hybridized carbons (Fsp3) is 0.393. The van der Waals surface area contributed by atoms with Crippen LogP contribution in [0, 0.1) is 11.8 Å². The summed E-state index contributed by atoms with van der Waals surface area (Å²) in [5, 5.41) is 10.9. The average Bonchev–Trinajstić information content (AvgIpc) is 2.94. The van der Waals surface area contributed by atoms with Gasteiger partial charge in [0.25, 0.3) is 0 Å². The third-order valence-electron chi connectivity index (χ3n) is 6.05. The second kappa shape index (κ2) is 9.98. The van der Waals surface area contributed by atoms with Gasteiger partial charge in [0.2, 0.25) is 0 Å². The normalized spacial score (nSPS) is 21.0. The Labute approximate surface area is 196 Å². The van der Waals surface area contributed by atoms with Gasteiger partial charge in [0.1, 0.15) is 11.9 Å². The highest BCUT2D eigenvalue weighted by molar-refractivity contribution is 8.04. The number of aliphatic imine (C=N–C) groups is 1. The van der Waals surface area contributed by atoms with Gasteiger partial charge in [-0.05, 0) is 86.1 Å². The van der Waals surface area contributed by atoms with Gasteiger partial charge in [0.05, 0.1) is 4.75 Å². The minimum Gasteiger partial charge on any atom is -0.511 e. The summed E-state index contributed by atoms with van der Waals surface area (Å²) in [5.41, 5.74) is 6.03. The van der Waals surface area contributed by atoms with Crippen LogP contribution in [-0.2, 0) is 11.2 Å². The molecule has 1 N–H and O–H groups in total. The monoisotopic (exact) mass is 445 g/mol. The fourth-order valence-electron chi connectivity index (χ4n) is 4.07. The van der Waals surface area contributed by atoms with Crippen molar-refractivity contribution in [2.75, 3.05) is 6.61 Å². The van der Waals surface area contributed by atoms with Crippen LogP contribution < -0.4 is 0 Å². The number of aliphatic hydroxyl groups is 1. The molecule has 1 fully saturated rings. The number of hydrogen-bond acceptors (Lipinski definition) is 4. The molecular weight excluding hydrogens is 414 g/mol. The van der Waals surface area contributed by atoms with Crippen LogP contribution in [0.5, 0.6) is 0 Å². The van der Waals surface area contributed by atoms with Crippen LogP contribution in [0.2, 0.25) is 0 Å². The van der Waals surface area contributed by atoms with E-state index in [2.05, 4.69) is 61.0 Å². The zero-order valence-electron chi connectivity index (χ0n) is 19.1. The van der Waals surface area contributed by atoms with Crippen molar-refractivity contribution >= 4 is 29.6 Å². The molecule has 4 heteroatoms. The lowest BCUT2D eigenvalue weighted by atomic mass is 9.88. The van der Waals surface area contributed by atoms with Crippen LogP contribution in [0.25, 0.3) is 11.6 Å². The summed E-state index contributed by atoms with van der Waals surface area (Å²) >= 11 is 1.72. The van der Waals surface area contributed by atoms with Crippen LogP contribution in [0.1, 0.15) is 63.1 Å². The van der Waals surface area contributed by atoms with E-state index in [0.29, 0.717) is 12.4 Å². The molecule has 32 heavy (non-hydrogen) atoms.